The first-order valence-electron chi connectivity index (χ1n) is 9.61. The van der Waals surface area contributed by atoms with Crippen molar-refractivity contribution >= 4 is 23.0 Å². The topological polar surface area (TPSA) is 87.4 Å². The molecule has 0 atom stereocenters. The highest BCUT2D eigenvalue weighted by molar-refractivity contribution is 6.05. The van der Waals surface area contributed by atoms with E-state index in [4.69, 9.17) is 5.73 Å². The average Bonchev–Trinajstić information content (AvgIpc) is 2.76. The highest BCUT2D eigenvalue weighted by Crippen LogP contribution is 2.27. The lowest BCUT2D eigenvalue weighted by Gasteiger charge is -2.33. The second kappa shape index (κ2) is 8.28. The molecule has 0 radical (unpaired) electrons. The minimum Gasteiger partial charge on any atom is -0.397 e. The van der Waals surface area contributed by atoms with Gasteiger partial charge in [-0.05, 0) is 54.6 Å². The molecule has 0 aliphatic carbocycles. The Bertz CT molecular complexity index is 982. The number of carbonyl (C=O) groups is 1. The summed E-state index contributed by atoms with van der Waals surface area (Å²) in [5, 5.41) is 2.88. The number of piperazine rings is 1. The van der Waals surface area contributed by atoms with Crippen molar-refractivity contribution in [2.45, 2.75) is 0 Å². The fraction of sp³-hybridized carbons (Fsp3) is 0.227. The lowest BCUT2D eigenvalue weighted by atomic mass is 10.1. The third kappa shape index (κ3) is 4.35. The molecule has 148 valence electrons. The maximum absolute atomic E-state index is 12.7. The quantitative estimate of drug-likeness (QED) is 0.668. The molecule has 4 rings (SSSR count). The molecular formula is C22H24N6O. The van der Waals surface area contributed by atoms with Gasteiger partial charge >= 0.3 is 0 Å². The molecule has 1 aliphatic heterocycles. The molecule has 1 fully saturated rings. The Kier molecular flexibility index (Phi) is 5.39. The van der Waals surface area contributed by atoms with Gasteiger partial charge in [-0.2, -0.15) is 0 Å². The van der Waals surface area contributed by atoms with Crippen molar-refractivity contribution in [1.82, 2.24) is 14.9 Å². The van der Waals surface area contributed by atoms with E-state index < -0.39 is 0 Å². The van der Waals surface area contributed by atoms with Gasteiger partial charge in [0.1, 0.15) is 5.69 Å². The molecule has 0 saturated carbocycles. The van der Waals surface area contributed by atoms with Crippen LogP contribution in [0.1, 0.15) is 10.5 Å². The number of likely N-dealkylation sites (N-methyl/N-ethyl adjacent to an activating group) is 1. The summed E-state index contributed by atoms with van der Waals surface area (Å²) in [5.74, 6) is -0.284. The molecule has 29 heavy (non-hydrogen) atoms. The molecule has 3 aromatic rings. The second-order valence-electron chi connectivity index (χ2n) is 7.18. The molecule has 3 heterocycles. The van der Waals surface area contributed by atoms with Crippen molar-refractivity contribution < 1.29 is 4.79 Å². The first-order valence-corrected chi connectivity index (χ1v) is 9.61. The molecule has 0 unspecified atom stereocenters. The van der Waals surface area contributed by atoms with Crippen LogP contribution in [0.15, 0.2) is 61.1 Å². The largest absolute Gasteiger partial charge is 0.397 e. The fourth-order valence-electron chi connectivity index (χ4n) is 3.35. The van der Waals surface area contributed by atoms with Gasteiger partial charge in [0.15, 0.2) is 0 Å². The van der Waals surface area contributed by atoms with Crippen LogP contribution in [0.25, 0.3) is 11.1 Å². The Labute approximate surface area is 170 Å². The number of nitrogens with zero attached hydrogens (tertiary/aromatic N) is 4. The minimum absolute atomic E-state index is 0.284. The van der Waals surface area contributed by atoms with E-state index in [0.29, 0.717) is 17.1 Å². The molecule has 7 heteroatoms. The van der Waals surface area contributed by atoms with Crippen LogP contribution in [0, 0.1) is 0 Å². The second-order valence-corrected chi connectivity index (χ2v) is 7.18. The summed E-state index contributed by atoms with van der Waals surface area (Å²) in [5.41, 5.74) is 10.5. The first kappa shape index (κ1) is 18.9. The minimum atomic E-state index is -0.284. The van der Waals surface area contributed by atoms with Crippen LogP contribution in [0.3, 0.4) is 0 Å². The van der Waals surface area contributed by atoms with E-state index in [1.807, 2.05) is 30.3 Å². The number of nitrogens with one attached hydrogen (secondary N) is 1. The predicted molar refractivity (Wildman–Crippen MR) is 116 cm³/mol. The summed E-state index contributed by atoms with van der Waals surface area (Å²) in [6.07, 6.45) is 5.22. The third-order valence-corrected chi connectivity index (χ3v) is 5.16. The summed E-state index contributed by atoms with van der Waals surface area (Å²) in [6, 6.07) is 13.1. The molecule has 1 aromatic carbocycles. The molecule has 1 saturated heterocycles. The number of benzene rings is 1. The van der Waals surface area contributed by atoms with E-state index in [0.717, 1.165) is 43.0 Å². The maximum atomic E-state index is 12.7. The molecular weight excluding hydrogens is 364 g/mol. The van der Waals surface area contributed by atoms with Gasteiger partial charge in [-0.1, -0.05) is 6.07 Å². The zero-order chi connectivity index (χ0) is 20.2. The smallest absolute Gasteiger partial charge is 0.274 e. The highest BCUT2D eigenvalue weighted by Gasteiger charge is 2.16. The van der Waals surface area contributed by atoms with Crippen molar-refractivity contribution in [1.29, 1.82) is 0 Å². The van der Waals surface area contributed by atoms with Crippen LogP contribution in [0.4, 0.5) is 17.1 Å². The van der Waals surface area contributed by atoms with Gasteiger partial charge < -0.3 is 20.9 Å². The van der Waals surface area contributed by atoms with Gasteiger partial charge in [-0.15, -0.1) is 0 Å². The van der Waals surface area contributed by atoms with Crippen molar-refractivity contribution in [2.24, 2.45) is 0 Å². The van der Waals surface area contributed by atoms with Crippen LogP contribution >= 0.6 is 0 Å². The number of carbonyl (C=O) groups excluding carboxylic acids is 1. The number of amides is 1. The predicted octanol–water partition coefficient (Wildman–Crippen LogP) is 2.73. The van der Waals surface area contributed by atoms with E-state index in [2.05, 4.69) is 32.1 Å². The van der Waals surface area contributed by atoms with Gasteiger partial charge in [0.2, 0.25) is 0 Å². The lowest BCUT2D eigenvalue weighted by molar-refractivity contribution is 0.102. The summed E-state index contributed by atoms with van der Waals surface area (Å²) >= 11 is 0. The van der Waals surface area contributed by atoms with Crippen LogP contribution in [-0.2, 0) is 0 Å². The number of aromatic nitrogens is 2. The average molecular weight is 388 g/mol. The van der Waals surface area contributed by atoms with Gasteiger partial charge in [0.25, 0.3) is 5.91 Å². The molecule has 7 nitrogen and oxygen atoms in total. The van der Waals surface area contributed by atoms with Crippen LogP contribution in [0.2, 0.25) is 0 Å². The Balaban J connectivity index is 1.48. The molecule has 1 aliphatic rings. The van der Waals surface area contributed by atoms with E-state index in [9.17, 15) is 4.79 Å². The Hall–Kier alpha value is -3.45. The zero-order valence-corrected chi connectivity index (χ0v) is 16.4. The van der Waals surface area contributed by atoms with Crippen molar-refractivity contribution in [2.75, 3.05) is 49.2 Å². The van der Waals surface area contributed by atoms with Crippen molar-refractivity contribution in [3.8, 4) is 11.1 Å². The number of hydrogen-bond acceptors (Lipinski definition) is 6. The Morgan fingerprint density at radius 1 is 1.00 bits per heavy atom. The van der Waals surface area contributed by atoms with Crippen LogP contribution in [0.5, 0.6) is 0 Å². The number of nitrogens with two attached hydrogens (primary N) is 1. The van der Waals surface area contributed by atoms with Gasteiger partial charge in [-0.3, -0.25) is 9.78 Å². The number of nitrogen functional groups attached to an aromatic ring is 1. The standard InChI is InChI=1S/C22H24N6O/c1-27-10-12-28(13-11-27)18-3-5-20(25-15-18)22(29)26-21-14-17(2-4-19(21)23)16-6-8-24-9-7-16/h2-9,14-15H,10-13,23H2,1H3,(H,26,29). The van der Waals surface area contributed by atoms with E-state index >= 15 is 0 Å². The molecule has 0 spiro atoms. The maximum Gasteiger partial charge on any atom is 0.274 e. The number of hydrogen-bond donors (Lipinski definition) is 2. The number of rotatable bonds is 4. The monoisotopic (exact) mass is 388 g/mol. The first-order chi connectivity index (χ1) is 14.1. The van der Waals surface area contributed by atoms with Gasteiger partial charge in [-0.25, -0.2) is 4.98 Å². The highest BCUT2D eigenvalue weighted by atomic mass is 16.1. The molecule has 3 N–H and O–H groups in total. The van der Waals surface area contributed by atoms with E-state index in [1.54, 1.807) is 30.7 Å². The summed E-state index contributed by atoms with van der Waals surface area (Å²) < 4.78 is 0. The zero-order valence-electron chi connectivity index (χ0n) is 16.4. The molecule has 0 bridgehead atoms. The normalized spacial score (nSPS) is 14.6. The van der Waals surface area contributed by atoms with E-state index in [1.165, 1.54) is 0 Å². The summed E-state index contributed by atoms with van der Waals surface area (Å²) in [7, 11) is 2.12. The summed E-state index contributed by atoms with van der Waals surface area (Å²) in [6.45, 7) is 3.97. The number of anilines is 3. The molecule has 2 aromatic heterocycles. The third-order valence-electron chi connectivity index (χ3n) is 5.16. The van der Waals surface area contributed by atoms with Gasteiger partial charge in [0, 0.05) is 38.6 Å². The van der Waals surface area contributed by atoms with Crippen molar-refractivity contribution in [3.63, 3.8) is 0 Å². The van der Waals surface area contributed by atoms with Gasteiger partial charge in [0.05, 0.1) is 23.3 Å². The summed E-state index contributed by atoms with van der Waals surface area (Å²) in [4.78, 5) is 25.7. The lowest BCUT2D eigenvalue weighted by Crippen LogP contribution is -2.44. The van der Waals surface area contributed by atoms with Crippen LogP contribution in [-0.4, -0.2) is 54.0 Å². The Morgan fingerprint density at radius 3 is 2.45 bits per heavy atom. The Morgan fingerprint density at radius 2 is 1.76 bits per heavy atom. The SMILES string of the molecule is CN1CCN(c2ccc(C(=O)Nc3cc(-c4ccncc4)ccc3N)nc2)CC1. The fourth-order valence-corrected chi connectivity index (χ4v) is 3.35. The van der Waals surface area contributed by atoms with E-state index in [-0.39, 0.29) is 5.91 Å². The number of pyridine rings is 2. The van der Waals surface area contributed by atoms with Crippen molar-refractivity contribution in [3.05, 3.63) is 66.7 Å². The molecule has 1 amide bonds. The van der Waals surface area contributed by atoms with Crippen LogP contribution < -0.4 is 16.0 Å².